The van der Waals surface area contributed by atoms with Crippen molar-refractivity contribution in [3.63, 3.8) is 0 Å². The van der Waals surface area contributed by atoms with Crippen LogP contribution in [0.15, 0.2) is 41.3 Å². The smallest absolute Gasteiger partial charge is 0.338 e. The van der Waals surface area contributed by atoms with Gasteiger partial charge in [0.25, 0.3) is 5.91 Å². The predicted molar refractivity (Wildman–Crippen MR) is 115 cm³/mol. The zero-order valence-electron chi connectivity index (χ0n) is 18.1. The quantitative estimate of drug-likeness (QED) is 0.584. The van der Waals surface area contributed by atoms with Crippen molar-refractivity contribution in [2.45, 2.75) is 18.7 Å². The molecule has 0 unspecified atom stereocenters. The number of hydrogen-bond donors (Lipinski definition) is 1. The van der Waals surface area contributed by atoms with Crippen LogP contribution in [0.2, 0.25) is 0 Å². The summed E-state index contributed by atoms with van der Waals surface area (Å²) in [4.78, 5) is 24.6. The zero-order chi connectivity index (χ0) is 23.2. The van der Waals surface area contributed by atoms with Gasteiger partial charge < -0.3 is 19.5 Å². The maximum absolute atomic E-state index is 12.4. The van der Waals surface area contributed by atoms with Gasteiger partial charge >= 0.3 is 5.97 Å². The van der Waals surface area contributed by atoms with Crippen LogP contribution in [0.5, 0.6) is 11.5 Å². The number of rotatable bonds is 9. The first-order chi connectivity index (χ1) is 14.6. The van der Waals surface area contributed by atoms with Crippen LogP contribution in [0.25, 0.3) is 0 Å². The molecular weight excluding hydrogens is 424 g/mol. The van der Waals surface area contributed by atoms with Gasteiger partial charge in [0.05, 0.1) is 24.2 Å². The summed E-state index contributed by atoms with van der Waals surface area (Å²) < 4.78 is 41.6. The molecule has 2 aromatic rings. The van der Waals surface area contributed by atoms with Gasteiger partial charge in [0.15, 0.2) is 18.1 Å². The first kappa shape index (κ1) is 24.2. The van der Waals surface area contributed by atoms with E-state index in [9.17, 15) is 18.0 Å². The van der Waals surface area contributed by atoms with E-state index in [4.69, 9.17) is 14.2 Å². The van der Waals surface area contributed by atoms with Gasteiger partial charge in [-0.25, -0.2) is 17.5 Å². The summed E-state index contributed by atoms with van der Waals surface area (Å²) in [5.41, 5.74) is 1.02. The monoisotopic (exact) mass is 450 g/mol. The molecule has 0 bridgehead atoms. The number of nitrogens with zero attached hydrogens (tertiary/aromatic N) is 1. The topological polar surface area (TPSA) is 111 Å². The average Bonchev–Trinajstić information content (AvgIpc) is 2.73. The number of ether oxygens (including phenoxy) is 3. The largest absolute Gasteiger partial charge is 0.493 e. The average molecular weight is 451 g/mol. The number of hydrogen-bond acceptors (Lipinski definition) is 7. The Bertz CT molecular complexity index is 1070. The first-order valence-electron chi connectivity index (χ1n) is 9.41. The summed E-state index contributed by atoms with van der Waals surface area (Å²) in [7, 11) is 0.671. The van der Waals surface area contributed by atoms with Gasteiger partial charge in [-0.2, -0.15) is 0 Å². The summed E-state index contributed by atoms with van der Waals surface area (Å²) in [6, 6.07) is 9.07. The molecule has 1 N–H and O–H groups in total. The molecule has 2 aromatic carbocycles. The van der Waals surface area contributed by atoms with Crippen LogP contribution in [0, 0.1) is 6.92 Å². The van der Waals surface area contributed by atoms with E-state index >= 15 is 0 Å². The Hall–Kier alpha value is -3.11. The fourth-order valence-corrected chi connectivity index (χ4v) is 3.78. The molecule has 0 radical (unpaired) electrons. The molecule has 0 aliphatic carbocycles. The van der Waals surface area contributed by atoms with Crippen LogP contribution < -0.4 is 14.8 Å². The Balaban J connectivity index is 2.06. The van der Waals surface area contributed by atoms with Gasteiger partial charge in [0.2, 0.25) is 10.0 Å². The van der Waals surface area contributed by atoms with Gasteiger partial charge in [-0.05, 0) is 49.7 Å². The van der Waals surface area contributed by atoms with E-state index in [0.717, 1.165) is 4.31 Å². The standard InChI is InChI=1S/C21H26N2O7S/c1-6-29-18-11-15(8-10-17(18)28-5)21(25)30-13-20(24)22-16-9-7-14(2)19(12-16)31(26,27)23(3)4/h7-12H,6,13H2,1-5H3,(H,22,24). The SMILES string of the molecule is CCOc1cc(C(=O)OCC(=O)Nc2ccc(C)c(S(=O)(=O)N(C)C)c2)ccc1OC. The fourth-order valence-electron chi connectivity index (χ4n) is 2.64. The number of amides is 1. The lowest BCUT2D eigenvalue weighted by Crippen LogP contribution is -2.24. The number of aryl methyl sites for hydroxylation is 1. The molecule has 2 rings (SSSR count). The van der Waals surface area contributed by atoms with Crippen molar-refractivity contribution in [2.75, 3.05) is 39.7 Å². The van der Waals surface area contributed by atoms with E-state index in [-0.39, 0.29) is 16.1 Å². The molecule has 10 heteroatoms. The van der Waals surface area contributed by atoms with E-state index in [1.807, 2.05) is 0 Å². The zero-order valence-corrected chi connectivity index (χ0v) is 18.9. The fraction of sp³-hybridized carbons (Fsp3) is 0.333. The number of methoxy groups -OCH3 is 1. The van der Waals surface area contributed by atoms with Gasteiger partial charge in [-0.3, -0.25) is 4.79 Å². The van der Waals surface area contributed by atoms with Gasteiger partial charge in [-0.1, -0.05) is 6.07 Å². The van der Waals surface area contributed by atoms with Crippen LogP contribution >= 0.6 is 0 Å². The lowest BCUT2D eigenvalue weighted by atomic mass is 10.2. The Morgan fingerprint density at radius 1 is 1.06 bits per heavy atom. The highest BCUT2D eigenvalue weighted by Gasteiger charge is 2.21. The number of anilines is 1. The van der Waals surface area contributed by atoms with Crippen LogP contribution in [-0.4, -0.2) is 59.0 Å². The van der Waals surface area contributed by atoms with Crippen molar-refractivity contribution in [3.8, 4) is 11.5 Å². The molecular formula is C21H26N2O7S. The molecule has 0 saturated carbocycles. The maximum Gasteiger partial charge on any atom is 0.338 e. The number of sulfonamides is 1. The van der Waals surface area contributed by atoms with Gasteiger partial charge in [0.1, 0.15) is 0 Å². The van der Waals surface area contributed by atoms with E-state index in [1.165, 1.54) is 39.4 Å². The normalized spacial score (nSPS) is 11.2. The van der Waals surface area contributed by atoms with E-state index in [2.05, 4.69) is 5.32 Å². The third kappa shape index (κ3) is 5.96. The highest BCUT2D eigenvalue weighted by molar-refractivity contribution is 7.89. The minimum Gasteiger partial charge on any atom is -0.493 e. The summed E-state index contributed by atoms with van der Waals surface area (Å²) >= 11 is 0. The molecule has 0 spiro atoms. The van der Waals surface area contributed by atoms with Gasteiger partial charge in [0, 0.05) is 19.8 Å². The summed E-state index contributed by atoms with van der Waals surface area (Å²) in [6.45, 7) is 3.31. The molecule has 0 aromatic heterocycles. The first-order valence-corrected chi connectivity index (χ1v) is 10.8. The van der Waals surface area contributed by atoms with Crippen molar-refractivity contribution in [1.82, 2.24) is 4.31 Å². The van der Waals surface area contributed by atoms with Crippen LogP contribution in [0.1, 0.15) is 22.8 Å². The molecule has 0 aliphatic heterocycles. The van der Waals surface area contributed by atoms with Crippen LogP contribution in [0.4, 0.5) is 5.69 Å². The Kier molecular flexibility index (Phi) is 8.01. The third-order valence-corrected chi connectivity index (χ3v) is 6.22. The summed E-state index contributed by atoms with van der Waals surface area (Å²) in [6.07, 6.45) is 0. The summed E-state index contributed by atoms with van der Waals surface area (Å²) in [5, 5.41) is 2.53. The highest BCUT2D eigenvalue weighted by Crippen LogP contribution is 2.28. The van der Waals surface area contributed by atoms with Crippen LogP contribution in [0.3, 0.4) is 0 Å². The van der Waals surface area contributed by atoms with E-state index < -0.39 is 28.5 Å². The van der Waals surface area contributed by atoms with Crippen LogP contribution in [-0.2, 0) is 19.6 Å². The summed E-state index contributed by atoms with van der Waals surface area (Å²) in [5.74, 6) is -0.459. The minimum atomic E-state index is -3.67. The Labute approximate surface area is 182 Å². The van der Waals surface area contributed by atoms with E-state index in [0.29, 0.717) is 23.7 Å². The number of esters is 1. The van der Waals surface area contributed by atoms with Gasteiger partial charge in [-0.15, -0.1) is 0 Å². The molecule has 0 atom stereocenters. The molecule has 0 fully saturated rings. The molecule has 168 valence electrons. The second-order valence-corrected chi connectivity index (χ2v) is 8.81. The minimum absolute atomic E-state index is 0.0778. The number of carbonyl (C=O) groups excluding carboxylic acids is 2. The Morgan fingerprint density at radius 3 is 2.39 bits per heavy atom. The maximum atomic E-state index is 12.4. The lowest BCUT2D eigenvalue weighted by molar-refractivity contribution is -0.119. The van der Waals surface area contributed by atoms with Crippen molar-refractivity contribution >= 4 is 27.6 Å². The number of benzene rings is 2. The highest BCUT2D eigenvalue weighted by atomic mass is 32.2. The number of carbonyl (C=O) groups is 2. The Morgan fingerprint density at radius 2 is 1.77 bits per heavy atom. The van der Waals surface area contributed by atoms with Crippen molar-refractivity contribution in [1.29, 1.82) is 0 Å². The van der Waals surface area contributed by atoms with Crippen molar-refractivity contribution < 1.29 is 32.2 Å². The second-order valence-electron chi connectivity index (χ2n) is 6.69. The molecule has 0 saturated heterocycles. The van der Waals surface area contributed by atoms with Crippen molar-refractivity contribution in [3.05, 3.63) is 47.5 Å². The molecule has 9 nitrogen and oxygen atoms in total. The molecule has 0 heterocycles. The molecule has 31 heavy (non-hydrogen) atoms. The molecule has 1 amide bonds. The predicted octanol–water partition coefficient (Wildman–Crippen LogP) is 2.45. The van der Waals surface area contributed by atoms with Crippen molar-refractivity contribution in [2.24, 2.45) is 0 Å². The van der Waals surface area contributed by atoms with E-state index in [1.54, 1.807) is 32.0 Å². The lowest BCUT2D eigenvalue weighted by Gasteiger charge is -2.15. The third-order valence-electron chi connectivity index (χ3n) is 4.26. The number of nitrogens with one attached hydrogen (secondary N) is 1. The molecule has 0 aliphatic rings. The second kappa shape index (κ2) is 10.3.